The van der Waals surface area contributed by atoms with E-state index in [0.717, 1.165) is 84.5 Å². The minimum atomic E-state index is -0.242. The first-order valence-corrected chi connectivity index (χ1v) is 20.2. The first kappa shape index (κ1) is 39.8. The van der Waals surface area contributed by atoms with Crippen LogP contribution in [0, 0.1) is 0 Å². The van der Waals surface area contributed by atoms with Gasteiger partial charge in [-0.1, -0.05) is 24.3 Å². The molecule has 0 radical (unpaired) electrons. The third-order valence-corrected chi connectivity index (χ3v) is 11.0. The Morgan fingerprint density at radius 1 is 0.763 bits per heavy atom. The van der Waals surface area contributed by atoms with E-state index in [1.165, 1.54) is 0 Å². The van der Waals surface area contributed by atoms with Gasteiger partial charge in [-0.2, -0.15) is 4.98 Å². The molecule has 5 aromatic rings. The van der Waals surface area contributed by atoms with Gasteiger partial charge in [0.25, 0.3) is 0 Å². The molecule has 8 rings (SSSR count). The predicted octanol–water partition coefficient (Wildman–Crippen LogP) is 5.36. The average Bonchev–Trinajstić information content (AvgIpc) is 3.74. The first-order valence-electron chi connectivity index (χ1n) is 20.2. The van der Waals surface area contributed by atoms with Crippen LogP contribution in [0.5, 0.6) is 11.5 Å². The number of carbonyl (C=O) groups is 1. The summed E-state index contributed by atoms with van der Waals surface area (Å²) in [6.45, 7) is 9.49. The Hall–Kier alpha value is -6.03. The molecule has 3 aliphatic rings. The molecule has 15 nitrogen and oxygen atoms in total. The summed E-state index contributed by atoms with van der Waals surface area (Å²) in [4.78, 5) is 44.5. The number of hydrogen-bond acceptors (Lipinski definition) is 13. The van der Waals surface area contributed by atoms with Crippen LogP contribution in [0.25, 0.3) is 11.3 Å². The summed E-state index contributed by atoms with van der Waals surface area (Å²) < 4.78 is 21.9. The quantitative estimate of drug-likeness (QED) is 0.155. The van der Waals surface area contributed by atoms with E-state index in [1.807, 2.05) is 60.9 Å². The topological polar surface area (TPSA) is 134 Å². The lowest BCUT2D eigenvalue weighted by Crippen LogP contribution is -2.40. The number of urea groups is 1. The fourth-order valence-corrected chi connectivity index (χ4v) is 7.53. The Balaban J connectivity index is 1.02. The van der Waals surface area contributed by atoms with Crippen LogP contribution >= 0.6 is 0 Å². The maximum atomic E-state index is 14.0. The second kappa shape index (κ2) is 18.7. The average molecular weight is 801 g/mol. The zero-order valence-corrected chi connectivity index (χ0v) is 34.0. The Kier molecular flexibility index (Phi) is 12.6. The van der Waals surface area contributed by atoms with Crippen molar-refractivity contribution in [3.63, 3.8) is 0 Å². The number of methoxy groups -OCH3 is 2. The number of morpholine rings is 2. The number of fused-ring (bicyclic) bond motifs is 1. The summed E-state index contributed by atoms with van der Waals surface area (Å²) in [6.07, 6.45) is 4.24. The molecule has 59 heavy (non-hydrogen) atoms. The van der Waals surface area contributed by atoms with Crippen molar-refractivity contribution in [3.8, 4) is 22.8 Å². The molecular formula is C44H52N10O5. The van der Waals surface area contributed by atoms with Crippen molar-refractivity contribution in [3.05, 3.63) is 102 Å². The van der Waals surface area contributed by atoms with Crippen LogP contribution < -0.4 is 34.4 Å². The molecule has 3 aliphatic heterocycles. The zero-order chi connectivity index (χ0) is 40.6. The number of nitrogens with one attached hydrogen (secondary N) is 1. The van der Waals surface area contributed by atoms with E-state index in [-0.39, 0.29) is 6.03 Å². The van der Waals surface area contributed by atoms with Crippen molar-refractivity contribution >= 4 is 35.1 Å². The normalized spacial score (nSPS) is 15.4. The van der Waals surface area contributed by atoms with Gasteiger partial charge in [-0.05, 0) is 66.1 Å². The minimum Gasteiger partial charge on any atom is -0.497 e. The number of rotatable bonds is 14. The molecule has 0 aliphatic carbocycles. The summed E-state index contributed by atoms with van der Waals surface area (Å²) in [7, 11) is 5.42. The standard InChI is InChI=1S/C44H52N10O5/c1-50(18-19-51-20-24-58-25-21-51)36-10-8-35(9-11-36)47-44(55)54-17-16-39-40(48-43(49-41(39)54)52-22-26-59-27-23-52)34-28-45-42(46-29-34)53(30-32-4-12-37(56-2)13-5-32)31-33-6-14-38(57-3)15-7-33/h4-15,28-29H,16-27,30-31H2,1-3H3,(H,47,55). The lowest BCUT2D eigenvalue weighted by Gasteiger charge is -2.29. The maximum absolute atomic E-state index is 14.0. The number of ether oxygens (including phenoxy) is 4. The number of anilines is 5. The van der Waals surface area contributed by atoms with Crippen molar-refractivity contribution in [1.82, 2.24) is 24.8 Å². The Labute approximate surface area is 345 Å². The summed E-state index contributed by atoms with van der Waals surface area (Å²) in [5.74, 6) is 3.33. The molecule has 5 heterocycles. The Morgan fingerprint density at radius 3 is 1.95 bits per heavy atom. The monoisotopic (exact) mass is 800 g/mol. The number of carbonyl (C=O) groups excluding carboxylic acids is 1. The van der Waals surface area contributed by atoms with E-state index in [9.17, 15) is 4.79 Å². The van der Waals surface area contributed by atoms with E-state index in [1.54, 1.807) is 19.1 Å². The van der Waals surface area contributed by atoms with Crippen molar-refractivity contribution in [2.24, 2.45) is 0 Å². The summed E-state index contributed by atoms with van der Waals surface area (Å²) in [5, 5.41) is 3.11. The molecule has 0 bridgehead atoms. The van der Waals surface area contributed by atoms with Crippen molar-refractivity contribution in [2.45, 2.75) is 19.5 Å². The zero-order valence-electron chi connectivity index (χ0n) is 34.0. The van der Waals surface area contributed by atoms with E-state index in [0.29, 0.717) is 75.8 Å². The third kappa shape index (κ3) is 9.65. The molecule has 308 valence electrons. The highest BCUT2D eigenvalue weighted by Crippen LogP contribution is 2.36. The number of hydrogen-bond donors (Lipinski definition) is 1. The molecule has 2 saturated heterocycles. The van der Waals surface area contributed by atoms with Crippen LogP contribution in [0.4, 0.5) is 33.9 Å². The van der Waals surface area contributed by atoms with Crippen LogP contribution in [-0.4, -0.2) is 124 Å². The van der Waals surface area contributed by atoms with Crippen LogP contribution in [0.3, 0.4) is 0 Å². The SMILES string of the molecule is COc1ccc(CN(Cc2ccc(OC)cc2)c2ncc(-c3nc(N4CCOCC4)nc4c3CCN4C(=O)Nc3ccc(N(C)CCN4CCOCC4)cc3)cn2)cc1. The third-order valence-electron chi connectivity index (χ3n) is 11.0. The molecule has 2 fully saturated rings. The highest BCUT2D eigenvalue weighted by Gasteiger charge is 2.32. The van der Waals surface area contributed by atoms with Crippen LogP contribution in [-0.2, 0) is 29.0 Å². The maximum Gasteiger partial charge on any atom is 0.327 e. The summed E-state index contributed by atoms with van der Waals surface area (Å²) in [5.41, 5.74) is 6.36. The van der Waals surface area contributed by atoms with Gasteiger partial charge in [0.05, 0.1) is 46.3 Å². The molecule has 1 N–H and O–H groups in total. The highest BCUT2D eigenvalue weighted by molar-refractivity contribution is 6.03. The molecule has 0 atom stereocenters. The number of aromatic nitrogens is 4. The van der Waals surface area contributed by atoms with E-state index < -0.39 is 0 Å². The van der Waals surface area contributed by atoms with Crippen LogP contribution in [0.1, 0.15) is 16.7 Å². The molecule has 0 saturated carbocycles. The fraction of sp³-hybridized carbons (Fsp3) is 0.386. The van der Waals surface area contributed by atoms with Crippen LogP contribution in [0.15, 0.2) is 85.2 Å². The largest absolute Gasteiger partial charge is 0.497 e. The van der Waals surface area contributed by atoms with Crippen LogP contribution in [0.2, 0.25) is 0 Å². The van der Waals surface area contributed by atoms with E-state index >= 15 is 0 Å². The second-order valence-corrected chi connectivity index (χ2v) is 14.9. The number of nitrogens with zero attached hydrogens (tertiary/aromatic N) is 9. The van der Waals surface area contributed by atoms with Gasteiger partial charge in [0.2, 0.25) is 11.9 Å². The molecule has 0 spiro atoms. The molecule has 15 heteroatoms. The van der Waals surface area contributed by atoms with Gasteiger partial charge in [-0.3, -0.25) is 9.80 Å². The van der Waals surface area contributed by atoms with Gasteiger partial charge in [-0.15, -0.1) is 0 Å². The van der Waals surface area contributed by atoms with Crippen molar-refractivity contribution in [1.29, 1.82) is 0 Å². The van der Waals surface area contributed by atoms with E-state index in [2.05, 4.69) is 56.2 Å². The lowest BCUT2D eigenvalue weighted by atomic mass is 10.1. The molecule has 2 aromatic heterocycles. The minimum absolute atomic E-state index is 0.242. The molecule has 0 unspecified atom stereocenters. The van der Waals surface area contributed by atoms with Gasteiger partial charge in [0.1, 0.15) is 17.3 Å². The second-order valence-electron chi connectivity index (χ2n) is 14.9. The highest BCUT2D eigenvalue weighted by atomic mass is 16.5. The summed E-state index contributed by atoms with van der Waals surface area (Å²) >= 11 is 0. The van der Waals surface area contributed by atoms with Crippen molar-refractivity contribution in [2.75, 3.05) is 118 Å². The van der Waals surface area contributed by atoms with Gasteiger partial charge in [0.15, 0.2) is 0 Å². The van der Waals surface area contributed by atoms with Gasteiger partial charge >= 0.3 is 6.03 Å². The predicted molar refractivity (Wildman–Crippen MR) is 229 cm³/mol. The fourth-order valence-electron chi connectivity index (χ4n) is 7.53. The number of likely N-dealkylation sites (N-methyl/N-ethyl adjacent to an activating group) is 1. The Morgan fingerprint density at radius 2 is 1.36 bits per heavy atom. The molecule has 3 aromatic carbocycles. The Bertz CT molecular complexity index is 2090. The first-order chi connectivity index (χ1) is 28.9. The summed E-state index contributed by atoms with van der Waals surface area (Å²) in [6, 6.07) is 23.8. The van der Waals surface area contributed by atoms with Gasteiger partial charge in [0, 0.05) is 101 Å². The van der Waals surface area contributed by atoms with Gasteiger partial charge in [-0.25, -0.2) is 19.7 Å². The van der Waals surface area contributed by atoms with E-state index in [4.69, 9.17) is 38.9 Å². The van der Waals surface area contributed by atoms with Crippen molar-refractivity contribution < 1.29 is 23.7 Å². The smallest absolute Gasteiger partial charge is 0.327 e. The molecular weight excluding hydrogens is 749 g/mol. The molecule has 2 amide bonds. The number of benzene rings is 3. The van der Waals surface area contributed by atoms with Gasteiger partial charge < -0.3 is 39.0 Å². The lowest BCUT2D eigenvalue weighted by molar-refractivity contribution is 0.0393. The number of amides is 2.